The molecule has 0 aliphatic carbocycles. The van der Waals surface area contributed by atoms with Gasteiger partial charge in [-0.15, -0.1) is 0 Å². The van der Waals surface area contributed by atoms with Crippen LogP contribution in [0.1, 0.15) is 12.5 Å². The monoisotopic (exact) mass is 300 g/mol. The van der Waals surface area contributed by atoms with Crippen LogP contribution in [0.2, 0.25) is 0 Å². The molecule has 0 saturated heterocycles. The molecule has 0 aliphatic heterocycles. The number of hydrogen-bond donors (Lipinski definition) is 3. The topological polar surface area (TPSA) is 62.6 Å². The molecule has 1 unspecified atom stereocenters. The number of benzene rings is 2. The van der Waals surface area contributed by atoms with E-state index in [0.29, 0.717) is 6.54 Å². The van der Waals surface area contributed by atoms with Gasteiger partial charge in [0.05, 0.1) is 7.05 Å². The molecule has 0 aliphatic rings. The Kier molecular flexibility index (Phi) is 5.12. The summed E-state index contributed by atoms with van der Waals surface area (Å²) in [5, 5.41) is 7.09. The first-order chi connectivity index (χ1) is 10.5. The fourth-order valence-electron chi connectivity index (χ4n) is 2.33. The van der Waals surface area contributed by atoms with Gasteiger partial charge in [-0.05, 0) is 23.8 Å². The van der Waals surface area contributed by atoms with Crippen molar-refractivity contribution in [2.45, 2.75) is 19.5 Å². The molecule has 116 valence electrons. The molecule has 3 N–H and O–H groups in total. The molecule has 2 atom stereocenters. The third-order valence-electron chi connectivity index (χ3n) is 3.89. The summed E-state index contributed by atoms with van der Waals surface area (Å²) in [7, 11) is 3.43. The minimum absolute atomic E-state index is 0.280. The summed E-state index contributed by atoms with van der Waals surface area (Å²) in [4.78, 5) is 24.2. The average molecular weight is 300 g/mol. The average Bonchev–Trinajstić information content (AvgIpc) is 2.53. The Hall–Kier alpha value is -2.40. The number of amides is 3. The highest BCUT2D eigenvalue weighted by Crippen LogP contribution is 2.14. The first-order valence-corrected chi connectivity index (χ1v) is 7.34. The molecule has 3 amide bonds. The molecule has 0 radical (unpaired) electrons. The molecule has 0 bridgehead atoms. The van der Waals surface area contributed by atoms with E-state index in [1.54, 1.807) is 0 Å². The van der Waals surface area contributed by atoms with Gasteiger partial charge in [0, 0.05) is 12.6 Å². The quantitative estimate of drug-likeness (QED) is 0.778. The molecular formula is C17H22N3O2+. The first kappa shape index (κ1) is 16.0. The van der Waals surface area contributed by atoms with E-state index in [1.165, 1.54) is 17.8 Å². The summed E-state index contributed by atoms with van der Waals surface area (Å²) in [6.07, 6.45) is 0. The molecule has 2 aromatic carbocycles. The minimum atomic E-state index is -0.477. The molecule has 0 heterocycles. The van der Waals surface area contributed by atoms with Crippen molar-refractivity contribution in [2.24, 2.45) is 0 Å². The van der Waals surface area contributed by atoms with Gasteiger partial charge < -0.3 is 10.2 Å². The summed E-state index contributed by atoms with van der Waals surface area (Å²) in [5.41, 5.74) is 1.16. The Morgan fingerprint density at radius 3 is 2.50 bits per heavy atom. The van der Waals surface area contributed by atoms with E-state index in [2.05, 4.69) is 41.0 Å². The summed E-state index contributed by atoms with van der Waals surface area (Å²) >= 11 is 0. The smallest absolute Gasteiger partial charge is 0.321 e. The summed E-state index contributed by atoms with van der Waals surface area (Å²) < 4.78 is 0. The van der Waals surface area contributed by atoms with Crippen molar-refractivity contribution < 1.29 is 14.5 Å². The maximum atomic E-state index is 12.0. The lowest BCUT2D eigenvalue weighted by Crippen LogP contribution is -3.12. The second-order valence-electron chi connectivity index (χ2n) is 5.49. The van der Waals surface area contributed by atoms with Gasteiger partial charge in [0.15, 0.2) is 6.04 Å². The fourth-order valence-corrected chi connectivity index (χ4v) is 2.33. The maximum absolute atomic E-state index is 12.0. The number of imide groups is 1. The van der Waals surface area contributed by atoms with Gasteiger partial charge in [-0.1, -0.05) is 36.4 Å². The van der Waals surface area contributed by atoms with Gasteiger partial charge in [-0.2, -0.15) is 0 Å². The predicted octanol–water partition coefficient (Wildman–Crippen LogP) is 0.699. The van der Waals surface area contributed by atoms with Crippen LogP contribution in [0.3, 0.4) is 0 Å². The summed E-state index contributed by atoms with van der Waals surface area (Å²) in [6, 6.07) is 13.7. The lowest BCUT2D eigenvalue weighted by atomic mass is 10.1. The van der Waals surface area contributed by atoms with Crippen molar-refractivity contribution in [3.8, 4) is 0 Å². The first-order valence-electron chi connectivity index (χ1n) is 7.34. The number of urea groups is 1. The van der Waals surface area contributed by atoms with Crippen LogP contribution in [0.15, 0.2) is 42.5 Å². The van der Waals surface area contributed by atoms with E-state index in [4.69, 9.17) is 0 Å². The van der Waals surface area contributed by atoms with E-state index in [0.717, 1.165) is 10.5 Å². The van der Waals surface area contributed by atoms with Crippen molar-refractivity contribution in [3.05, 3.63) is 48.0 Å². The summed E-state index contributed by atoms with van der Waals surface area (Å²) in [5.74, 6) is -0.280. The molecular weight excluding hydrogens is 278 g/mol. The molecule has 0 aromatic heterocycles. The number of nitrogens with one attached hydrogen (secondary N) is 3. The Bertz CT molecular complexity index is 684. The fraction of sp³-hybridized carbons (Fsp3) is 0.294. The number of fused-ring (bicyclic) bond motifs is 1. The molecule has 0 fully saturated rings. The van der Waals surface area contributed by atoms with Crippen molar-refractivity contribution in [2.75, 3.05) is 14.1 Å². The van der Waals surface area contributed by atoms with E-state index in [1.807, 2.05) is 26.1 Å². The van der Waals surface area contributed by atoms with Crippen LogP contribution < -0.4 is 15.5 Å². The van der Waals surface area contributed by atoms with E-state index in [-0.39, 0.29) is 11.9 Å². The molecule has 2 aromatic rings. The highest BCUT2D eigenvalue weighted by atomic mass is 16.2. The zero-order valence-electron chi connectivity index (χ0n) is 13.1. The molecule has 22 heavy (non-hydrogen) atoms. The normalized spacial score (nSPS) is 13.4. The lowest BCUT2D eigenvalue weighted by molar-refractivity contribution is -0.908. The van der Waals surface area contributed by atoms with Gasteiger partial charge in [-0.3, -0.25) is 10.1 Å². The van der Waals surface area contributed by atoms with Crippen molar-refractivity contribution in [1.29, 1.82) is 0 Å². The van der Waals surface area contributed by atoms with Gasteiger partial charge in [0.2, 0.25) is 0 Å². The Morgan fingerprint density at radius 2 is 1.82 bits per heavy atom. The minimum Gasteiger partial charge on any atom is -0.341 e. The molecule has 5 heteroatoms. The van der Waals surface area contributed by atoms with Crippen LogP contribution in [0, 0.1) is 0 Å². The van der Waals surface area contributed by atoms with E-state index in [9.17, 15) is 9.59 Å². The van der Waals surface area contributed by atoms with Crippen LogP contribution in [0.25, 0.3) is 10.8 Å². The second-order valence-corrected chi connectivity index (χ2v) is 5.49. The zero-order chi connectivity index (χ0) is 16.1. The number of likely N-dealkylation sites (N-methyl/N-ethyl adjacent to an activating group) is 1. The third-order valence-corrected chi connectivity index (χ3v) is 3.89. The highest BCUT2D eigenvalue weighted by molar-refractivity contribution is 5.96. The van der Waals surface area contributed by atoms with E-state index >= 15 is 0 Å². The number of hydrogen-bond acceptors (Lipinski definition) is 2. The Labute approximate surface area is 130 Å². The number of rotatable bonds is 4. The Balaban J connectivity index is 2.04. The highest BCUT2D eigenvalue weighted by Gasteiger charge is 2.23. The van der Waals surface area contributed by atoms with Crippen LogP contribution in [0.5, 0.6) is 0 Å². The SMILES string of the molecule is CNC(=O)NC(=O)[C@H](C)[NH+](C)Cc1ccc2ccccc2c1. The standard InChI is InChI=1S/C17H21N3O2/c1-12(16(21)19-17(22)18-2)20(3)11-13-8-9-14-6-4-5-7-15(14)10-13/h4-10,12H,11H2,1-3H3,(H2,18,19,21,22)/p+1/t12-/m0/s1. The summed E-state index contributed by atoms with van der Waals surface area (Å²) in [6.45, 7) is 2.53. The van der Waals surface area contributed by atoms with Crippen molar-refractivity contribution >= 4 is 22.7 Å². The largest absolute Gasteiger partial charge is 0.341 e. The predicted molar refractivity (Wildman–Crippen MR) is 86.6 cm³/mol. The van der Waals surface area contributed by atoms with Gasteiger partial charge >= 0.3 is 6.03 Å². The molecule has 0 saturated carbocycles. The van der Waals surface area contributed by atoms with Crippen LogP contribution in [-0.2, 0) is 11.3 Å². The molecule has 5 nitrogen and oxygen atoms in total. The second kappa shape index (κ2) is 7.04. The van der Waals surface area contributed by atoms with Gasteiger partial charge in [0.25, 0.3) is 5.91 Å². The number of carbonyl (C=O) groups is 2. The van der Waals surface area contributed by atoms with Crippen molar-refractivity contribution in [1.82, 2.24) is 10.6 Å². The molecule has 0 spiro atoms. The van der Waals surface area contributed by atoms with E-state index < -0.39 is 6.03 Å². The van der Waals surface area contributed by atoms with Gasteiger partial charge in [0.1, 0.15) is 6.54 Å². The van der Waals surface area contributed by atoms with Crippen molar-refractivity contribution in [3.63, 3.8) is 0 Å². The van der Waals surface area contributed by atoms with Crippen LogP contribution >= 0.6 is 0 Å². The van der Waals surface area contributed by atoms with Gasteiger partial charge in [-0.25, -0.2) is 4.79 Å². The number of quaternary nitrogens is 1. The molecule has 2 rings (SSSR count). The van der Waals surface area contributed by atoms with Crippen LogP contribution in [-0.4, -0.2) is 32.1 Å². The third kappa shape index (κ3) is 3.83. The van der Waals surface area contributed by atoms with Crippen LogP contribution in [0.4, 0.5) is 4.79 Å². The lowest BCUT2D eigenvalue weighted by Gasteiger charge is -2.20. The maximum Gasteiger partial charge on any atom is 0.321 e. The zero-order valence-corrected chi connectivity index (χ0v) is 13.1. The Morgan fingerprint density at radius 1 is 1.14 bits per heavy atom. The number of carbonyl (C=O) groups excluding carboxylic acids is 2.